The zero-order valence-electron chi connectivity index (χ0n) is 10.7. The van der Waals surface area contributed by atoms with Gasteiger partial charge in [-0.25, -0.2) is 0 Å². The molecule has 0 spiro atoms. The minimum Gasteiger partial charge on any atom is -0.497 e. The maximum atomic E-state index is 12.1. The summed E-state index contributed by atoms with van der Waals surface area (Å²) in [6, 6.07) is 5.08. The van der Waals surface area contributed by atoms with Crippen LogP contribution in [-0.2, 0) is 0 Å². The van der Waals surface area contributed by atoms with Crippen molar-refractivity contribution in [3.05, 3.63) is 23.8 Å². The van der Waals surface area contributed by atoms with Gasteiger partial charge in [-0.1, -0.05) is 13.3 Å². The second-order valence-electron chi connectivity index (χ2n) is 4.08. The van der Waals surface area contributed by atoms with E-state index in [9.17, 15) is 4.79 Å². The van der Waals surface area contributed by atoms with Gasteiger partial charge in [0.1, 0.15) is 5.75 Å². The van der Waals surface area contributed by atoms with Crippen LogP contribution in [0.1, 0.15) is 30.1 Å². The fourth-order valence-corrected chi connectivity index (χ4v) is 1.58. The minimum absolute atomic E-state index is 0.0240. The maximum Gasteiger partial charge on any atom is 0.253 e. The van der Waals surface area contributed by atoms with Crippen LogP contribution in [-0.4, -0.2) is 31.5 Å². The fourth-order valence-electron chi connectivity index (χ4n) is 1.58. The Kier molecular flexibility index (Phi) is 4.82. The molecule has 0 saturated carbocycles. The molecule has 1 aromatic carbocycles. The zero-order chi connectivity index (χ0) is 12.8. The van der Waals surface area contributed by atoms with Gasteiger partial charge in [0, 0.05) is 30.9 Å². The summed E-state index contributed by atoms with van der Waals surface area (Å²) in [7, 11) is 3.36. The second kappa shape index (κ2) is 6.13. The summed E-state index contributed by atoms with van der Waals surface area (Å²) < 4.78 is 5.10. The van der Waals surface area contributed by atoms with Crippen molar-refractivity contribution in [2.45, 2.75) is 19.8 Å². The predicted octanol–water partition coefficient (Wildman–Crippen LogP) is 2.15. The molecule has 4 heteroatoms. The van der Waals surface area contributed by atoms with Crippen molar-refractivity contribution < 1.29 is 9.53 Å². The highest BCUT2D eigenvalue weighted by molar-refractivity contribution is 5.95. The van der Waals surface area contributed by atoms with Crippen LogP contribution in [0.2, 0.25) is 0 Å². The summed E-state index contributed by atoms with van der Waals surface area (Å²) in [5, 5.41) is 0. The van der Waals surface area contributed by atoms with Crippen molar-refractivity contribution >= 4 is 11.6 Å². The van der Waals surface area contributed by atoms with Gasteiger partial charge in [0.2, 0.25) is 0 Å². The SMILES string of the molecule is CCCCN(C)C(=O)c1cc(N)cc(OC)c1. The number of methoxy groups -OCH3 is 1. The summed E-state index contributed by atoms with van der Waals surface area (Å²) in [6.07, 6.45) is 2.07. The van der Waals surface area contributed by atoms with Crippen LogP contribution in [0.3, 0.4) is 0 Å². The molecule has 0 aromatic heterocycles. The molecule has 0 fully saturated rings. The predicted molar refractivity (Wildman–Crippen MR) is 69.3 cm³/mol. The molecule has 1 aromatic rings. The van der Waals surface area contributed by atoms with Crippen LogP contribution in [0.25, 0.3) is 0 Å². The topological polar surface area (TPSA) is 55.6 Å². The standard InChI is InChI=1S/C13H20N2O2/c1-4-5-6-15(2)13(16)10-7-11(14)9-12(8-10)17-3/h7-9H,4-6,14H2,1-3H3. The number of hydrogen-bond acceptors (Lipinski definition) is 3. The molecule has 1 amide bonds. The van der Waals surface area contributed by atoms with Crippen molar-refractivity contribution in [3.63, 3.8) is 0 Å². The average molecular weight is 236 g/mol. The first-order valence-electron chi connectivity index (χ1n) is 5.78. The third-order valence-electron chi connectivity index (χ3n) is 2.61. The average Bonchev–Trinajstić information content (AvgIpc) is 2.34. The number of carbonyl (C=O) groups is 1. The number of nitrogens with zero attached hydrogens (tertiary/aromatic N) is 1. The van der Waals surface area contributed by atoms with Crippen LogP contribution >= 0.6 is 0 Å². The Hall–Kier alpha value is -1.71. The number of nitrogens with two attached hydrogens (primary N) is 1. The van der Waals surface area contributed by atoms with Gasteiger partial charge in [-0.05, 0) is 18.6 Å². The van der Waals surface area contributed by atoms with Crippen molar-refractivity contribution in [2.75, 3.05) is 26.4 Å². The summed E-state index contributed by atoms with van der Waals surface area (Å²) in [5.41, 5.74) is 6.83. The molecule has 0 unspecified atom stereocenters. The lowest BCUT2D eigenvalue weighted by molar-refractivity contribution is 0.0793. The van der Waals surface area contributed by atoms with Gasteiger partial charge in [0.05, 0.1) is 7.11 Å². The third-order valence-corrected chi connectivity index (χ3v) is 2.61. The van der Waals surface area contributed by atoms with Crippen LogP contribution in [0.4, 0.5) is 5.69 Å². The van der Waals surface area contributed by atoms with Gasteiger partial charge in [-0.3, -0.25) is 4.79 Å². The highest BCUT2D eigenvalue weighted by Gasteiger charge is 2.12. The normalized spacial score (nSPS) is 10.1. The van der Waals surface area contributed by atoms with E-state index in [0.717, 1.165) is 19.4 Å². The van der Waals surface area contributed by atoms with E-state index in [1.807, 2.05) is 0 Å². The lowest BCUT2D eigenvalue weighted by atomic mass is 10.1. The molecule has 0 aliphatic rings. The number of benzene rings is 1. The number of amides is 1. The fraction of sp³-hybridized carbons (Fsp3) is 0.462. The number of ether oxygens (including phenoxy) is 1. The van der Waals surface area contributed by atoms with Gasteiger partial charge in [0.25, 0.3) is 5.91 Å². The monoisotopic (exact) mass is 236 g/mol. The molecular weight excluding hydrogens is 216 g/mol. The third kappa shape index (κ3) is 3.66. The molecule has 4 nitrogen and oxygen atoms in total. The quantitative estimate of drug-likeness (QED) is 0.797. The Morgan fingerprint density at radius 1 is 1.41 bits per heavy atom. The van der Waals surface area contributed by atoms with Crippen LogP contribution in [0.5, 0.6) is 5.75 Å². The first-order valence-corrected chi connectivity index (χ1v) is 5.78. The second-order valence-corrected chi connectivity index (χ2v) is 4.08. The van der Waals surface area contributed by atoms with Gasteiger partial charge in [-0.2, -0.15) is 0 Å². The Morgan fingerprint density at radius 2 is 2.12 bits per heavy atom. The molecular formula is C13H20N2O2. The number of carbonyl (C=O) groups excluding carboxylic acids is 1. The van der Waals surface area contributed by atoms with Crippen LogP contribution in [0, 0.1) is 0 Å². The van der Waals surface area contributed by atoms with E-state index in [1.54, 1.807) is 37.3 Å². The minimum atomic E-state index is -0.0240. The van der Waals surface area contributed by atoms with Crippen molar-refractivity contribution in [1.82, 2.24) is 4.90 Å². The Morgan fingerprint density at radius 3 is 2.71 bits per heavy atom. The van der Waals surface area contributed by atoms with Gasteiger partial charge >= 0.3 is 0 Å². The van der Waals surface area contributed by atoms with Crippen molar-refractivity contribution in [2.24, 2.45) is 0 Å². The summed E-state index contributed by atoms with van der Waals surface area (Å²) in [4.78, 5) is 13.8. The van der Waals surface area contributed by atoms with Crippen molar-refractivity contribution in [1.29, 1.82) is 0 Å². The maximum absolute atomic E-state index is 12.1. The molecule has 0 atom stereocenters. The Labute approximate surface area is 102 Å². The lowest BCUT2D eigenvalue weighted by Crippen LogP contribution is -2.27. The molecule has 2 N–H and O–H groups in total. The summed E-state index contributed by atoms with van der Waals surface area (Å²) in [5.74, 6) is 0.585. The van der Waals surface area contributed by atoms with Crippen LogP contribution in [0.15, 0.2) is 18.2 Å². The van der Waals surface area contributed by atoms with Crippen LogP contribution < -0.4 is 10.5 Å². The highest BCUT2D eigenvalue weighted by Crippen LogP contribution is 2.19. The van der Waals surface area contributed by atoms with E-state index in [-0.39, 0.29) is 5.91 Å². The first-order chi connectivity index (χ1) is 8.08. The molecule has 94 valence electrons. The molecule has 0 bridgehead atoms. The van der Waals surface area contributed by atoms with Crippen molar-refractivity contribution in [3.8, 4) is 5.75 Å². The summed E-state index contributed by atoms with van der Waals surface area (Å²) in [6.45, 7) is 2.86. The molecule has 0 saturated heterocycles. The molecule has 0 heterocycles. The van der Waals surface area contributed by atoms with Gasteiger partial charge in [-0.15, -0.1) is 0 Å². The summed E-state index contributed by atoms with van der Waals surface area (Å²) >= 11 is 0. The molecule has 0 aliphatic heterocycles. The number of nitrogen functional groups attached to an aromatic ring is 1. The number of rotatable bonds is 5. The number of anilines is 1. The largest absolute Gasteiger partial charge is 0.497 e. The van der Waals surface area contributed by atoms with E-state index in [0.29, 0.717) is 17.0 Å². The Bertz CT molecular complexity index is 391. The van der Waals surface area contributed by atoms with Gasteiger partial charge < -0.3 is 15.4 Å². The number of hydrogen-bond donors (Lipinski definition) is 1. The first kappa shape index (κ1) is 13.4. The molecule has 1 rings (SSSR count). The molecule has 0 aliphatic carbocycles. The van der Waals surface area contributed by atoms with E-state index >= 15 is 0 Å². The van der Waals surface area contributed by atoms with E-state index in [4.69, 9.17) is 10.5 Å². The highest BCUT2D eigenvalue weighted by atomic mass is 16.5. The molecule has 17 heavy (non-hydrogen) atoms. The Balaban J connectivity index is 2.84. The number of unbranched alkanes of at least 4 members (excludes halogenated alkanes) is 1. The van der Waals surface area contributed by atoms with E-state index in [2.05, 4.69) is 6.92 Å². The lowest BCUT2D eigenvalue weighted by Gasteiger charge is -2.17. The van der Waals surface area contributed by atoms with E-state index < -0.39 is 0 Å². The van der Waals surface area contributed by atoms with Gasteiger partial charge in [0.15, 0.2) is 0 Å². The van der Waals surface area contributed by atoms with E-state index in [1.165, 1.54) is 0 Å². The smallest absolute Gasteiger partial charge is 0.253 e. The molecule has 0 radical (unpaired) electrons. The zero-order valence-corrected chi connectivity index (χ0v) is 10.7.